The number of hydrogen-bond acceptors (Lipinski definition) is 8. The van der Waals surface area contributed by atoms with Crippen molar-refractivity contribution in [2.24, 2.45) is 7.05 Å². The van der Waals surface area contributed by atoms with Gasteiger partial charge in [-0.05, 0) is 19.8 Å². The van der Waals surface area contributed by atoms with Crippen LogP contribution >= 0.6 is 0 Å². The van der Waals surface area contributed by atoms with Gasteiger partial charge in [-0.1, -0.05) is 5.92 Å². The lowest BCUT2D eigenvalue weighted by Gasteiger charge is -2.28. The minimum atomic E-state index is -0.439. The molecule has 10 heteroatoms. The number of fused-ring (bicyclic) bond motifs is 1. The van der Waals surface area contributed by atoms with Crippen LogP contribution in [0.2, 0.25) is 0 Å². The van der Waals surface area contributed by atoms with Gasteiger partial charge in [0.2, 0.25) is 11.9 Å². The van der Waals surface area contributed by atoms with E-state index in [0.29, 0.717) is 42.6 Å². The van der Waals surface area contributed by atoms with E-state index in [0.717, 1.165) is 32.6 Å². The molecule has 0 aromatic carbocycles. The van der Waals surface area contributed by atoms with Crippen molar-refractivity contribution in [3.05, 3.63) is 10.4 Å². The summed E-state index contributed by atoms with van der Waals surface area (Å²) in [6, 6.07) is -0.439. The molecule has 0 unspecified atom stereocenters. The zero-order valence-corrected chi connectivity index (χ0v) is 17.6. The molecule has 2 fully saturated rings. The average Bonchev–Trinajstić information content (AvgIpc) is 3.39. The summed E-state index contributed by atoms with van der Waals surface area (Å²) in [5, 5.41) is 3.33. The van der Waals surface area contributed by atoms with Crippen molar-refractivity contribution in [3.8, 4) is 11.8 Å². The number of imidazole rings is 1. The number of hydrogen-bond donors (Lipinski definition) is 1. The van der Waals surface area contributed by atoms with Crippen LogP contribution in [0.25, 0.3) is 11.2 Å². The van der Waals surface area contributed by atoms with Crippen molar-refractivity contribution in [2.45, 2.75) is 32.4 Å². The van der Waals surface area contributed by atoms with E-state index in [-0.39, 0.29) is 11.5 Å². The van der Waals surface area contributed by atoms with Gasteiger partial charge >= 0.3 is 5.97 Å². The number of esters is 1. The number of carbonyl (C=O) groups excluding carboxylic acids is 1. The first kappa shape index (κ1) is 20.2. The van der Waals surface area contributed by atoms with Gasteiger partial charge in [0, 0.05) is 39.8 Å². The molecule has 0 bridgehead atoms. The maximum absolute atomic E-state index is 13.4. The third-order valence-corrected chi connectivity index (χ3v) is 5.74. The Hall–Kier alpha value is -3.06. The van der Waals surface area contributed by atoms with Crippen molar-refractivity contribution in [1.82, 2.24) is 24.4 Å². The van der Waals surface area contributed by atoms with Crippen LogP contribution < -0.4 is 20.7 Å². The Bertz CT molecular complexity index is 1070. The molecular formula is C20H27N7O3. The number of nitrogens with zero attached hydrogens (tertiary/aromatic N) is 6. The summed E-state index contributed by atoms with van der Waals surface area (Å²) in [6.07, 6.45) is 1.51. The summed E-state index contributed by atoms with van der Waals surface area (Å²) in [7, 11) is 3.06. The van der Waals surface area contributed by atoms with Crippen molar-refractivity contribution in [2.75, 3.05) is 49.6 Å². The Morgan fingerprint density at radius 1 is 1.23 bits per heavy atom. The third kappa shape index (κ3) is 3.39. The highest BCUT2D eigenvalue weighted by Crippen LogP contribution is 2.26. The molecule has 1 atom stereocenters. The Kier molecular flexibility index (Phi) is 5.63. The quantitative estimate of drug-likeness (QED) is 0.539. The maximum Gasteiger partial charge on any atom is 0.328 e. The fraction of sp³-hybridized carbons (Fsp3) is 0.600. The molecule has 1 N–H and O–H groups in total. The average molecular weight is 413 g/mol. The highest BCUT2D eigenvalue weighted by molar-refractivity contribution is 5.81. The molecule has 0 radical (unpaired) electrons. The molecule has 160 valence electrons. The molecule has 2 aliphatic heterocycles. The number of anilines is 2. The van der Waals surface area contributed by atoms with Crippen molar-refractivity contribution < 1.29 is 9.53 Å². The third-order valence-electron chi connectivity index (χ3n) is 5.74. The fourth-order valence-electron chi connectivity index (χ4n) is 4.20. The van der Waals surface area contributed by atoms with Crippen LogP contribution in [0.3, 0.4) is 0 Å². The van der Waals surface area contributed by atoms with Crippen LogP contribution in [0.15, 0.2) is 4.79 Å². The van der Waals surface area contributed by atoms with Crippen LogP contribution in [0.4, 0.5) is 11.9 Å². The van der Waals surface area contributed by atoms with Crippen molar-refractivity contribution in [3.63, 3.8) is 0 Å². The normalized spacial score (nSPS) is 19.1. The number of carbonyl (C=O) groups is 1. The lowest BCUT2D eigenvalue weighted by molar-refractivity contribution is -0.141. The minimum Gasteiger partial charge on any atom is -0.467 e. The van der Waals surface area contributed by atoms with Gasteiger partial charge in [0.05, 0.1) is 13.7 Å². The molecule has 0 amide bonds. The summed E-state index contributed by atoms with van der Waals surface area (Å²) in [6.45, 7) is 6.09. The molecule has 10 nitrogen and oxygen atoms in total. The van der Waals surface area contributed by atoms with Crippen LogP contribution in [0.5, 0.6) is 0 Å². The topological polar surface area (TPSA) is 97.5 Å². The van der Waals surface area contributed by atoms with Crippen LogP contribution in [-0.4, -0.2) is 70.9 Å². The first-order valence-electron chi connectivity index (χ1n) is 10.2. The van der Waals surface area contributed by atoms with E-state index >= 15 is 0 Å². The van der Waals surface area contributed by atoms with E-state index in [9.17, 15) is 9.59 Å². The van der Waals surface area contributed by atoms with E-state index in [4.69, 9.17) is 14.7 Å². The zero-order chi connectivity index (χ0) is 21.3. The molecule has 2 aliphatic rings. The Labute approximate surface area is 174 Å². The van der Waals surface area contributed by atoms with Crippen LogP contribution in [-0.2, 0) is 23.1 Å². The van der Waals surface area contributed by atoms with Crippen molar-refractivity contribution in [1.29, 1.82) is 0 Å². The molecule has 0 spiro atoms. The largest absolute Gasteiger partial charge is 0.467 e. The molecular weight excluding hydrogens is 386 g/mol. The molecule has 0 aliphatic carbocycles. The maximum atomic E-state index is 13.4. The summed E-state index contributed by atoms with van der Waals surface area (Å²) >= 11 is 0. The number of methoxy groups -OCH3 is 1. The lowest BCUT2D eigenvalue weighted by Crippen LogP contribution is -2.44. The van der Waals surface area contributed by atoms with Gasteiger partial charge < -0.3 is 19.9 Å². The monoisotopic (exact) mass is 413 g/mol. The number of piperazine rings is 1. The highest BCUT2D eigenvalue weighted by Gasteiger charge is 2.35. The van der Waals surface area contributed by atoms with E-state index in [1.165, 1.54) is 11.7 Å². The summed E-state index contributed by atoms with van der Waals surface area (Å²) in [5.74, 6) is 6.79. The summed E-state index contributed by atoms with van der Waals surface area (Å²) in [4.78, 5) is 39.1. The number of aromatic nitrogens is 4. The van der Waals surface area contributed by atoms with E-state index < -0.39 is 6.04 Å². The van der Waals surface area contributed by atoms with Gasteiger partial charge in [-0.2, -0.15) is 9.97 Å². The zero-order valence-electron chi connectivity index (χ0n) is 17.6. The van der Waals surface area contributed by atoms with Crippen LogP contribution in [0, 0.1) is 11.8 Å². The molecule has 4 heterocycles. The molecule has 2 aromatic heterocycles. The van der Waals surface area contributed by atoms with Crippen LogP contribution in [0.1, 0.15) is 19.8 Å². The molecule has 30 heavy (non-hydrogen) atoms. The predicted molar refractivity (Wildman–Crippen MR) is 114 cm³/mol. The standard InChI is InChI=1S/C20H27N7O3/c1-4-5-10-27-15-16(23-20(27)25-12-8-21-9-13-25)22-19(24(2)17(15)28)26-11-6-7-14(26)18(29)30-3/h14,21H,6-13H2,1-3H3/t14-/m1/s1. The van der Waals surface area contributed by atoms with E-state index in [1.807, 2.05) is 9.47 Å². The summed E-state index contributed by atoms with van der Waals surface area (Å²) in [5.41, 5.74) is 0.624. The SMILES string of the molecule is CC#CCn1c(N2CCNCC2)nc2nc(N3CCC[C@@H]3C(=O)OC)n(C)c(=O)c21. The van der Waals surface area contributed by atoms with Gasteiger partial charge in [-0.25, -0.2) is 4.79 Å². The van der Waals surface area contributed by atoms with Gasteiger partial charge in [0.1, 0.15) is 6.04 Å². The second-order valence-corrected chi connectivity index (χ2v) is 7.48. The smallest absolute Gasteiger partial charge is 0.328 e. The highest BCUT2D eigenvalue weighted by atomic mass is 16.5. The number of nitrogens with one attached hydrogen (secondary N) is 1. The van der Waals surface area contributed by atoms with Gasteiger partial charge in [-0.3, -0.25) is 13.9 Å². The minimum absolute atomic E-state index is 0.197. The first-order valence-corrected chi connectivity index (χ1v) is 10.2. The second kappa shape index (κ2) is 8.36. The Morgan fingerprint density at radius 2 is 1.97 bits per heavy atom. The molecule has 4 rings (SSSR count). The van der Waals surface area contributed by atoms with Gasteiger partial charge in [-0.15, -0.1) is 5.92 Å². The van der Waals surface area contributed by atoms with Crippen molar-refractivity contribution >= 4 is 29.0 Å². The fourth-order valence-corrected chi connectivity index (χ4v) is 4.20. The van der Waals surface area contributed by atoms with E-state index in [2.05, 4.69) is 22.1 Å². The Balaban J connectivity index is 1.86. The molecule has 0 saturated carbocycles. The number of ether oxygens (including phenoxy) is 1. The lowest BCUT2D eigenvalue weighted by atomic mass is 10.2. The second-order valence-electron chi connectivity index (χ2n) is 7.48. The summed E-state index contributed by atoms with van der Waals surface area (Å²) < 4.78 is 8.31. The Morgan fingerprint density at radius 3 is 2.67 bits per heavy atom. The molecule has 2 aromatic rings. The van der Waals surface area contributed by atoms with Gasteiger partial charge in [0.25, 0.3) is 5.56 Å². The number of rotatable bonds is 4. The molecule has 2 saturated heterocycles. The van der Waals surface area contributed by atoms with E-state index in [1.54, 1.807) is 14.0 Å². The first-order chi connectivity index (χ1) is 14.6. The predicted octanol–water partition coefficient (Wildman–Crippen LogP) is -0.295. The van der Waals surface area contributed by atoms with Gasteiger partial charge in [0.15, 0.2) is 11.2 Å².